The number of nitrogens with zero attached hydrogens (tertiary/aromatic N) is 2. The Labute approximate surface area is 153 Å². The normalized spacial score (nSPS) is 15.7. The van der Waals surface area contributed by atoms with E-state index < -0.39 is 11.8 Å². The highest BCUT2D eigenvalue weighted by atomic mass is 19.1. The van der Waals surface area contributed by atoms with E-state index in [0.717, 1.165) is 36.8 Å². The van der Waals surface area contributed by atoms with Crippen LogP contribution >= 0.6 is 0 Å². The van der Waals surface area contributed by atoms with Gasteiger partial charge in [-0.25, -0.2) is 9.18 Å². The summed E-state index contributed by atoms with van der Waals surface area (Å²) in [5, 5.41) is 5.25. The minimum absolute atomic E-state index is 0.186. The van der Waals surface area contributed by atoms with Crippen LogP contribution in [0.25, 0.3) is 0 Å². The molecule has 2 aromatic rings. The number of likely N-dealkylation sites (tertiary alicyclic amines) is 1. The third-order valence-corrected chi connectivity index (χ3v) is 4.73. The van der Waals surface area contributed by atoms with E-state index in [0.29, 0.717) is 5.69 Å². The molecule has 0 saturated carbocycles. The van der Waals surface area contributed by atoms with Gasteiger partial charge in [0, 0.05) is 12.2 Å². The summed E-state index contributed by atoms with van der Waals surface area (Å²) in [6.07, 6.45) is 3.96. The second kappa shape index (κ2) is 8.27. The van der Waals surface area contributed by atoms with Gasteiger partial charge < -0.3 is 10.6 Å². The lowest BCUT2D eigenvalue weighted by atomic mass is 9.99. The predicted molar refractivity (Wildman–Crippen MR) is 102 cm³/mol. The van der Waals surface area contributed by atoms with Gasteiger partial charge in [0.15, 0.2) is 0 Å². The van der Waals surface area contributed by atoms with Crippen LogP contribution in [0.4, 0.5) is 20.6 Å². The molecule has 1 aliphatic rings. The van der Waals surface area contributed by atoms with E-state index in [4.69, 9.17) is 0 Å². The molecular weight excluding hydrogens is 331 g/mol. The number of urea groups is 1. The van der Waals surface area contributed by atoms with Gasteiger partial charge in [0.2, 0.25) is 0 Å². The highest BCUT2D eigenvalue weighted by Gasteiger charge is 2.16. The summed E-state index contributed by atoms with van der Waals surface area (Å²) in [6, 6.07) is 7.96. The number of carbonyl (C=O) groups is 1. The molecule has 1 saturated heterocycles. The Balaban J connectivity index is 1.61. The second-order valence-corrected chi connectivity index (χ2v) is 7.04. The Hall–Kier alpha value is -2.47. The summed E-state index contributed by atoms with van der Waals surface area (Å²) in [6.45, 7) is 7.03. The second-order valence-electron chi connectivity index (χ2n) is 7.04. The predicted octanol–water partition coefficient (Wildman–Crippen LogP) is 4.41. The van der Waals surface area contributed by atoms with E-state index in [1.54, 1.807) is 30.5 Å². The Morgan fingerprint density at radius 1 is 1.23 bits per heavy atom. The van der Waals surface area contributed by atoms with Gasteiger partial charge in [-0.2, -0.15) is 0 Å². The van der Waals surface area contributed by atoms with Crippen molar-refractivity contribution in [1.29, 1.82) is 0 Å². The third-order valence-electron chi connectivity index (χ3n) is 4.73. The molecule has 6 heteroatoms. The zero-order chi connectivity index (χ0) is 18.5. The molecule has 1 fully saturated rings. The van der Waals surface area contributed by atoms with Crippen molar-refractivity contribution in [2.45, 2.75) is 33.2 Å². The monoisotopic (exact) mass is 356 g/mol. The summed E-state index contributed by atoms with van der Waals surface area (Å²) in [5.41, 5.74) is 2.60. The van der Waals surface area contributed by atoms with Crippen molar-refractivity contribution in [3.63, 3.8) is 0 Å². The van der Waals surface area contributed by atoms with Crippen molar-refractivity contribution in [1.82, 2.24) is 9.88 Å². The summed E-state index contributed by atoms with van der Waals surface area (Å²) < 4.78 is 14.1. The number of halogens is 1. The Kier molecular flexibility index (Phi) is 5.83. The van der Waals surface area contributed by atoms with Crippen molar-refractivity contribution in [2.75, 3.05) is 23.7 Å². The lowest BCUT2D eigenvalue weighted by Gasteiger charge is -2.30. The number of anilines is 2. The van der Waals surface area contributed by atoms with E-state index in [2.05, 4.69) is 27.4 Å². The topological polar surface area (TPSA) is 57.3 Å². The highest BCUT2D eigenvalue weighted by Crippen LogP contribution is 2.21. The molecule has 138 valence electrons. The zero-order valence-corrected chi connectivity index (χ0v) is 15.3. The first kappa shape index (κ1) is 18.3. The van der Waals surface area contributed by atoms with Gasteiger partial charge in [-0.1, -0.05) is 13.0 Å². The Bertz CT molecular complexity index is 755. The third kappa shape index (κ3) is 5.02. The zero-order valence-electron chi connectivity index (χ0n) is 15.3. The van der Waals surface area contributed by atoms with Crippen LogP contribution in [0, 0.1) is 18.7 Å². The van der Waals surface area contributed by atoms with Crippen molar-refractivity contribution >= 4 is 17.4 Å². The standard InChI is InChI=1S/C20H25FN4O/c1-14-7-9-25(10-8-14)13-16-4-6-18(21)19(11-16)24-20(26)23-17-5-3-15(2)22-12-17/h3-6,11-12,14H,7-10,13H2,1-2H3,(H2,23,24,26). The van der Waals surface area contributed by atoms with Crippen LogP contribution in [-0.4, -0.2) is 29.0 Å². The van der Waals surface area contributed by atoms with E-state index in [1.165, 1.54) is 18.9 Å². The molecule has 2 N–H and O–H groups in total. The van der Waals surface area contributed by atoms with Gasteiger partial charge in [-0.05, 0) is 68.6 Å². The average molecular weight is 356 g/mol. The quantitative estimate of drug-likeness (QED) is 0.853. The number of benzene rings is 1. The molecule has 5 nitrogen and oxygen atoms in total. The van der Waals surface area contributed by atoms with Crippen LogP contribution < -0.4 is 10.6 Å². The minimum Gasteiger partial charge on any atom is -0.306 e. The molecule has 0 unspecified atom stereocenters. The van der Waals surface area contributed by atoms with Gasteiger partial charge in [-0.3, -0.25) is 9.88 Å². The van der Waals surface area contributed by atoms with Crippen molar-refractivity contribution in [3.05, 3.63) is 53.6 Å². The Morgan fingerprint density at radius 3 is 2.69 bits per heavy atom. The Morgan fingerprint density at radius 2 is 2.00 bits per heavy atom. The number of carbonyl (C=O) groups excluding carboxylic acids is 1. The number of aryl methyl sites for hydroxylation is 1. The number of amides is 2. The molecular formula is C20H25FN4O. The first-order chi connectivity index (χ1) is 12.5. The SMILES string of the molecule is Cc1ccc(NC(=O)Nc2cc(CN3CCC(C)CC3)ccc2F)cn1. The van der Waals surface area contributed by atoms with Crippen molar-refractivity contribution < 1.29 is 9.18 Å². The van der Waals surface area contributed by atoms with E-state index in [9.17, 15) is 9.18 Å². The maximum atomic E-state index is 14.1. The number of rotatable bonds is 4. The fourth-order valence-electron chi connectivity index (χ4n) is 3.07. The summed E-state index contributed by atoms with van der Waals surface area (Å²) in [4.78, 5) is 18.6. The van der Waals surface area contributed by atoms with Crippen LogP contribution in [0.5, 0.6) is 0 Å². The maximum absolute atomic E-state index is 14.1. The number of piperidine rings is 1. The van der Waals surface area contributed by atoms with Gasteiger partial charge >= 0.3 is 6.03 Å². The van der Waals surface area contributed by atoms with Crippen molar-refractivity contribution in [2.24, 2.45) is 5.92 Å². The molecule has 2 amide bonds. The number of hydrogen-bond donors (Lipinski definition) is 2. The first-order valence-corrected chi connectivity index (χ1v) is 9.01. The van der Waals surface area contributed by atoms with E-state index >= 15 is 0 Å². The smallest absolute Gasteiger partial charge is 0.306 e. The molecule has 26 heavy (non-hydrogen) atoms. The highest BCUT2D eigenvalue weighted by molar-refractivity contribution is 5.99. The minimum atomic E-state index is -0.487. The van der Waals surface area contributed by atoms with Crippen LogP contribution in [0.2, 0.25) is 0 Å². The first-order valence-electron chi connectivity index (χ1n) is 9.01. The molecule has 0 aliphatic carbocycles. The maximum Gasteiger partial charge on any atom is 0.323 e. The van der Waals surface area contributed by atoms with Crippen molar-refractivity contribution in [3.8, 4) is 0 Å². The van der Waals surface area contributed by atoms with Crippen LogP contribution in [0.1, 0.15) is 31.0 Å². The van der Waals surface area contributed by atoms with Crippen LogP contribution in [0.15, 0.2) is 36.5 Å². The number of aromatic nitrogens is 1. The molecule has 3 rings (SSSR count). The molecule has 0 bridgehead atoms. The number of nitrogens with one attached hydrogen (secondary N) is 2. The fraction of sp³-hybridized carbons (Fsp3) is 0.400. The van der Waals surface area contributed by atoms with E-state index in [-0.39, 0.29) is 5.69 Å². The van der Waals surface area contributed by atoms with Gasteiger partial charge in [0.1, 0.15) is 5.82 Å². The molecule has 0 radical (unpaired) electrons. The summed E-state index contributed by atoms with van der Waals surface area (Å²) in [7, 11) is 0. The number of pyridine rings is 1. The summed E-state index contributed by atoms with van der Waals surface area (Å²) in [5.74, 6) is 0.329. The fourth-order valence-corrected chi connectivity index (χ4v) is 3.07. The van der Waals surface area contributed by atoms with Gasteiger partial charge in [0.05, 0.1) is 17.6 Å². The lowest BCUT2D eigenvalue weighted by molar-refractivity contribution is 0.185. The molecule has 1 aromatic carbocycles. The van der Waals surface area contributed by atoms with Crippen LogP contribution in [-0.2, 0) is 6.54 Å². The van der Waals surface area contributed by atoms with Crippen LogP contribution in [0.3, 0.4) is 0 Å². The van der Waals surface area contributed by atoms with Gasteiger partial charge in [-0.15, -0.1) is 0 Å². The molecule has 1 aliphatic heterocycles. The largest absolute Gasteiger partial charge is 0.323 e. The van der Waals surface area contributed by atoms with Gasteiger partial charge in [0.25, 0.3) is 0 Å². The molecule has 2 heterocycles. The molecule has 0 atom stereocenters. The summed E-state index contributed by atoms with van der Waals surface area (Å²) >= 11 is 0. The molecule has 0 spiro atoms. The molecule has 1 aromatic heterocycles. The lowest BCUT2D eigenvalue weighted by Crippen LogP contribution is -2.32. The average Bonchev–Trinajstić information content (AvgIpc) is 2.62. The number of hydrogen-bond acceptors (Lipinski definition) is 3. The van der Waals surface area contributed by atoms with E-state index in [1.807, 2.05) is 6.92 Å².